The molecule has 5 nitrogen and oxygen atoms in total. The van der Waals surface area contributed by atoms with Crippen LogP contribution in [0.4, 0.5) is 4.39 Å². The topological polar surface area (TPSA) is 63.4 Å². The Kier molecular flexibility index (Phi) is 5.24. The number of hydrogen-bond donors (Lipinski definition) is 0. The second-order valence-corrected chi connectivity index (χ2v) is 8.57. The van der Waals surface area contributed by atoms with Gasteiger partial charge in [-0.25, -0.2) is 12.8 Å². The number of aromatic nitrogens is 1. The largest absolute Gasteiger partial charge is 0.360 e. The first-order chi connectivity index (χ1) is 11.9. The first-order valence-electron chi connectivity index (χ1n) is 8.55. The van der Waals surface area contributed by atoms with Crippen molar-refractivity contribution in [3.8, 4) is 0 Å². The maximum absolute atomic E-state index is 13.3. The van der Waals surface area contributed by atoms with Gasteiger partial charge in [0.25, 0.3) is 0 Å². The predicted octanol–water partition coefficient (Wildman–Crippen LogP) is 3.46. The lowest BCUT2D eigenvalue weighted by molar-refractivity contribution is 0.255. The number of nitrogens with zero attached hydrogens (tertiary/aromatic N) is 2. The Labute approximate surface area is 147 Å². The summed E-state index contributed by atoms with van der Waals surface area (Å²) in [5.41, 5.74) is 1.35. The molecular formula is C18H23FN2O3S. The van der Waals surface area contributed by atoms with Crippen molar-refractivity contribution in [2.45, 2.75) is 44.4 Å². The second-order valence-electron chi connectivity index (χ2n) is 6.69. The van der Waals surface area contributed by atoms with E-state index in [4.69, 9.17) is 4.52 Å². The summed E-state index contributed by atoms with van der Waals surface area (Å²) < 4.78 is 45.7. The molecule has 0 radical (unpaired) electrons. The molecule has 1 aromatic heterocycles. The minimum absolute atomic E-state index is 0.193. The molecule has 1 aromatic carbocycles. The summed E-state index contributed by atoms with van der Waals surface area (Å²) in [6.45, 7) is 4.28. The molecule has 3 rings (SSSR count). The number of benzene rings is 1. The van der Waals surface area contributed by atoms with E-state index in [2.05, 4.69) is 5.16 Å². The lowest BCUT2D eigenvalue weighted by atomic mass is 9.93. The fourth-order valence-electron chi connectivity index (χ4n) is 3.52. The Morgan fingerprint density at radius 1 is 1.36 bits per heavy atom. The zero-order chi connectivity index (χ0) is 18.0. The molecule has 1 saturated heterocycles. The van der Waals surface area contributed by atoms with Crippen LogP contribution in [0.25, 0.3) is 0 Å². The Hall–Kier alpha value is -1.73. The number of hydrogen-bond acceptors (Lipinski definition) is 4. The molecule has 0 aliphatic carbocycles. The molecule has 1 aliphatic rings. The number of rotatable bonds is 5. The van der Waals surface area contributed by atoms with Gasteiger partial charge in [0, 0.05) is 13.1 Å². The number of halogens is 1. The van der Waals surface area contributed by atoms with Gasteiger partial charge in [0.1, 0.15) is 16.4 Å². The Morgan fingerprint density at radius 3 is 2.84 bits per heavy atom. The van der Waals surface area contributed by atoms with Gasteiger partial charge < -0.3 is 4.52 Å². The van der Waals surface area contributed by atoms with Gasteiger partial charge in [0.2, 0.25) is 10.0 Å². The van der Waals surface area contributed by atoms with E-state index in [1.165, 1.54) is 6.07 Å². The predicted molar refractivity (Wildman–Crippen MR) is 92.2 cm³/mol. The van der Waals surface area contributed by atoms with Crippen molar-refractivity contribution in [2.75, 3.05) is 13.1 Å². The summed E-state index contributed by atoms with van der Waals surface area (Å²) in [5.74, 6) is 0.371. The lowest BCUT2D eigenvalue weighted by Gasteiger charge is -2.31. The van der Waals surface area contributed by atoms with Crippen LogP contribution in [0.2, 0.25) is 0 Å². The van der Waals surface area contributed by atoms with Crippen LogP contribution in [0.15, 0.2) is 33.7 Å². The van der Waals surface area contributed by atoms with Crippen molar-refractivity contribution in [2.24, 2.45) is 5.92 Å². The van der Waals surface area contributed by atoms with Gasteiger partial charge in [-0.2, -0.15) is 4.31 Å². The second kappa shape index (κ2) is 7.25. The highest BCUT2D eigenvalue weighted by Gasteiger charge is 2.34. The third-order valence-electron chi connectivity index (χ3n) is 4.78. The van der Waals surface area contributed by atoms with Crippen LogP contribution in [0, 0.1) is 25.6 Å². The molecule has 136 valence electrons. The summed E-state index contributed by atoms with van der Waals surface area (Å²) in [6.07, 6.45) is 3.41. The smallest absolute Gasteiger partial charge is 0.248 e. The normalized spacial score (nSPS) is 19.2. The molecule has 0 saturated carbocycles. The van der Waals surface area contributed by atoms with Gasteiger partial charge >= 0.3 is 0 Å². The van der Waals surface area contributed by atoms with Crippen LogP contribution in [-0.4, -0.2) is 31.0 Å². The zero-order valence-corrected chi connectivity index (χ0v) is 15.4. The van der Waals surface area contributed by atoms with E-state index in [1.807, 2.05) is 6.07 Å². The molecule has 1 atom stereocenters. The highest BCUT2D eigenvalue weighted by molar-refractivity contribution is 7.89. The maximum atomic E-state index is 13.3. The SMILES string of the molecule is Cc1noc(C)c1S(=O)(=O)N1CCC[C@@H](CCc2cccc(F)c2)C1. The van der Waals surface area contributed by atoms with Crippen molar-refractivity contribution >= 4 is 10.0 Å². The maximum Gasteiger partial charge on any atom is 0.248 e. The number of aryl methyl sites for hydroxylation is 3. The summed E-state index contributed by atoms with van der Waals surface area (Å²) in [4.78, 5) is 0.193. The summed E-state index contributed by atoms with van der Waals surface area (Å²) in [7, 11) is -3.59. The molecule has 7 heteroatoms. The first-order valence-corrected chi connectivity index (χ1v) is 9.99. The van der Waals surface area contributed by atoms with Crippen LogP contribution in [0.3, 0.4) is 0 Å². The van der Waals surface area contributed by atoms with Gasteiger partial charge in [-0.3, -0.25) is 0 Å². The van der Waals surface area contributed by atoms with Crippen molar-refractivity contribution < 1.29 is 17.3 Å². The van der Waals surface area contributed by atoms with E-state index in [-0.39, 0.29) is 16.6 Å². The monoisotopic (exact) mass is 366 g/mol. The fraction of sp³-hybridized carbons (Fsp3) is 0.500. The molecule has 0 unspecified atom stereocenters. The quantitative estimate of drug-likeness (QED) is 0.813. The molecule has 2 aromatic rings. The van der Waals surface area contributed by atoms with E-state index in [0.29, 0.717) is 24.5 Å². The van der Waals surface area contributed by atoms with E-state index in [0.717, 1.165) is 31.2 Å². The van der Waals surface area contributed by atoms with Gasteiger partial charge in [-0.05, 0) is 63.1 Å². The lowest BCUT2D eigenvalue weighted by Crippen LogP contribution is -2.40. The summed E-state index contributed by atoms with van der Waals surface area (Å²) in [6, 6.07) is 6.59. The molecular weight excluding hydrogens is 343 g/mol. The van der Waals surface area contributed by atoms with Crippen molar-refractivity contribution in [3.05, 3.63) is 47.1 Å². The van der Waals surface area contributed by atoms with E-state index in [1.54, 1.807) is 30.3 Å². The van der Waals surface area contributed by atoms with Crippen LogP contribution < -0.4 is 0 Å². The fourth-order valence-corrected chi connectivity index (χ4v) is 5.36. The molecule has 0 bridgehead atoms. The van der Waals surface area contributed by atoms with E-state index >= 15 is 0 Å². The average Bonchev–Trinajstić information content (AvgIpc) is 2.93. The van der Waals surface area contributed by atoms with Gasteiger partial charge in [-0.1, -0.05) is 17.3 Å². The Morgan fingerprint density at radius 2 is 2.16 bits per heavy atom. The van der Waals surface area contributed by atoms with Crippen molar-refractivity contribution in [1.29, 1.82) is 0 Å². The minimum Gasteiger partial charge on any atom is -0.360 e. The summed E-state index contributed by atoms with van der Waals surface area (Å²) >= 11 is 0. The molecule has 1 aliphatic heterocycles. The van der Waals surface area contributed by atoms with Crippen molar-refractivity contribution in [1.82, 2.24) is 9.46 Å². The molecule has 0 spiro atoms. The molecule has 1 fully saturated rings. The zero-order valence-electron chi connectivity index (χ0n) is 14.5. The first kappa shape index (κ1) is 18.1. The molecule has 2 heterocycles. The molecule has 25 heavy (non-hydrogen) atoms. The van der Waals surface area contributed by atoms with Crippen molar-refractivity contribution in [3.63, 3.8) is 0 Å². The molecule has 0 amide bonds. The third-order valence-corrected chi connectivity index (χ3v) is 6.89. The number of piperidine rings is 1. The van der Waals surface area contributed by atoms with Crippen LogP contribution in [0.5, 0.6) is 0 Å². The standard InChI is InChI=1S/C18H23FN2O3S/c1-13-18(14(2)24-20-13)25(22,23)21-10-4-6-16(12-21)9-8-15-5-3-7-17(19)11-15/h3,5,7,11,16H,4,6,8-10,12H2,1-2H3/t16-/m0/s1. The van der Waals surface area contributed by atoms with Gasteiger partial charge in [-0.15, -0.1) is 0 Å². The minimum atomic E-state index is -3.59. The Balaban J connectivity index is 1.69. The molecule has 0 N–H and O–H groups in total. The number of sulfonamides is 1. The highest BCUT2D eigenvalue weighted by atomic mass is 32.2. The van der Waals surface area contributed by atoms with Crippen LogP contribution in [-0.2, 0) is 16.4 Å². The third kappa shape index (κ3) is 3.93. The van der Waals surface area contributed by atoms with E-state index in [9.17, 15) is 12.8 Å². The van der Waals surface area contributed by atoms with Crippen LogP contribution in [0.1, 0.15) is 36.3 Å². The van der Waals surface area contributed by atoms with Gasteiger partial charge in [0.15, 0.2) is 5.76 Å². The average molecular weight is 366 g/mol. The summed E-state index contributed by atoms with van der Waals surface area (Å²) in [5, 5.41) is 3.76. The Bertz CT molecular complexity index is 828. The highest BCUT2D eigenvalue weighted by Crippen LogP contribution is 2.29. The van der Waals surface area contributed by atoms with E-state index < -0.39 is 10.0 Å². The van der Waals surface area contributed by atoms with Crippen LogP contribution >= 0.6 is 0 Å². The van der Waals surface area contributed by atoms with Gasteiger partial charge in [0.05, 0.1) is 0 Å².